The Hall–Kier alpha value is -2.08. The van der Waals surface area contributed by atoms with Gasteiger partial charge in [0.1, 0.15) is 0 Å². The van der Waals surface area contributed by atoms with Crippen molar-refractivity contribution in [1.82, 2.24) is 4.31 Å². The minimum absolute atomic E-state index is 0.199. The highest BCUT2D eigenvalue weighted by atomic mass is 32.2. The molecule has 0 bridgehead atoms. The molecule has 0 aliphatic carbocycles. The van der Waals surface area contributed by atoms with Crippen molar-refractivity contribution in [1.29, 1.82) is 0 Å². The van der Waals surface area contributed by atoms with Gasteiger partial charge >= 0.3 is 5.76 Å². The van der Waals surface area contributed by atoms with Gasteiger partial charge in [-0.1, -0.05) is 12.1 Å². The Labute approximate surface area is 168 Å². The van der Waals surface area contributed by atoms with Crippen molar-refractivity contribution < 1.29 is 30.4 Å². The molecule has 1 saturated heterocycles. The molecule has 29 heavy (non-hydrogen) atoms. The van der Waals surface area contributed by atoms with E-state index in [0.717, 1.165) is 17.7 Å². The number of sulfone groups is 1. The third-order valence-electron chi connectivity index (χ3n) is 4.45. The number of morpholine rings is 1. The number of nitrogens with one attached hydrogen (secondary N) is 1. The summed E-state index contributed by atoms with van der Waals surface area (Å²) in [4.78, 5) is -0.250. The highest BCUT2D eigenvalue weighted by Gasteiger charge is 2.27. The zero-order valence-electron chi connectivity index (χ0n) is 15.3. The molecule has 0 aromatic heterocycles. The van der Waals surface area contributed by atoms with Crippen LogP contribution in [0.25, 0.3) is 0 Å². The first kappa shape index (κ1) is 21.6. The average Bonchev–Trinajstić information content (AvgIpc) is 2.73. The monoisotopic (exact) mass is 446 g/mol. The molecule has 7 nitrogen and oxygen atoms in total. The van der Waals surface area contributed by atoms with Crippen LogP contribution in [-0.2, 0) is 31.1 Å². The summed E-state index contributed by atoms with van der Waals surface area (Å²) in [6, 6.07) is 11.4. The van der Waals surface area contributed by atoms with Crippen molar-refractivity contribution in [3.63, 3.8) is 0 Å². The molecule has 0 spiro atoms. The number of rotatable bonds is 7. The molecule has 11 heteroatoms. The van der Waals surface area contributed by atoms with Gasteiger partial charge in [0, 0.05) is 25.3 Å². The van der Waals surface area contributed by atoms with Crippen LogP contribution in [0.4, 0.5) is 14.5 Å². The summed E-state index contributed by atoms with van der Waals surface area (Å²) in [6.45, 7) is 1.74. The molecule has 1 N–H and O–H groups in total. The second kappa shape index (κ2) is 8.74. The fourth-order valence-corrected chi connectivity index (χ4v) is 4.91. The molecule has 2 aromatic rings. The Morgan fingerprint density at radius 1 is 0.897 bits per heavy atom. The summed E-state index contributed by atoms with van der Waals surface area (Å²) >= 11 is 0. The van der Waals surface area contributed by atoms with E-state index in [1.54, 1.807) is 12.1 Å². The fourth-order valence-electron chi connectivity index (χ4n) is 2.78. The van der Waals surface area contributed by atoms with E-state index in [9.17, 15) is 25.6 Å². The maximum atomic E-state index is 12.6. The fraction of sp³-hybridized carbons (Fsp3) is 0.333. The van der Waals surface area contributed by atoms with Crippen molar-refractivity contribution >= 4 is 25.5 Å². The minimum atomic E-state index is -4.62. The van der Waals surface area contributed by atoms with Crippen molar-refractivity contribution in [3.05, 3.63) is 54.1 Å². The maximum absolute atomic E-state index is 12.6. The van der Waals surface area contributed by atoms with Gasteiger partial charge in [-0.25, -0.2) is 16.8 Å². The summed E-state index contributed by atoms with van der Waals surface area (Å²) in [7, 11) is -8.18. The number of halogens is 2. The summed E-state index contributed by atoms with van der Waals surface area (Å²) in [5.41, 5.74) is 1.35. The van der Waals surface area contributed by atoms with Gasteiger partial charge in [-0.2, -0.15) is 13.1 Å². The molecule has 1 aliphatic heterocycles. The number of ether oxygens (including phenoxy) is 1. The van der Waals surface area contributed by atoms with Gasteiger partial charge in [0.15, 0.2) is 0 Å². The van der Waals surface area contributed by atoms with Gasteiger partial charge in [0.05, 0.1) is 23.0 Å². The molecule has 0 amide bonds. The lowest BCUT2D eigenvalue weighted by Gasteiger charge is -2.26. The molecule has 1 aliphatic rings. The van der Waals surface area contributed by atoms with E-state index in [-0.39, 0.29) is 4.90 Å². The van der Waals surface area contributed by atoms with Gasteiger partial charge < -0.3 is 10.1 Å². The van der Waals surface area contributed by atoms with Crippen LogP contribution >= 0.6 is 0 Å². The molecule has 158 valence electrons. The largest absolute Gasteiger partial charge is 0.381 e. The van der Waals surface area contributed by atoms with Crippen LogP contribution in [0.3, 0.4) is 0 Å². The van der Waals surface area contributed by atoms with Crippen molar-refractivity contribution in [3.8, 4) is 0 Å². The molecule has 1 fully saturated rings. The molecule has 0 unspecified atom stereocenters. The Kier molecular flexibility index (Phi) is 6.52. The first-order valence-corrected chi connectivity index (χ1v) is 11.7. The highest BCUT2D eigenvalue weighted by Crippen LogP contribution is 2.21. The number of anilines is 1. The van der Waals surface area contributed by atoms with Crippen LogP contribution < -0.4 is 5.32 Å². The van der Waals surface area contributed by atoms with Gasteiger partial charge in [-0.05, 0) is 42.0 Å². The Bertz CT molecular complexity index is 1030. The zero-order valence-corrected chi connectivity index (χ0v) is 16.9. The van der Waals surface area contributed by atoms with E-state index in [1.165, 1.54) is 28.6 Å². The van der Waals surface area contributed by atoms with Crippen LogP contribution in [0, 0.1) is 0 Å². The topological polar surface area (TPSA) is 92.8 Å². The lowest BCUT2D eigenvalue weighted by Crippen LogP contribution is -2.40. The van der Waals surface area contributed by atoms with E-state index in [2.05, 4.69) is 5.32 Å². The third kappa shape index (κ3) is 4.92. The molecule has 3 rings (SSSR count). The van der Waals surface area contributed by atoms with Crippen molar-refractivity contribution in [2.45, 2.75) is 22.1 Å². The molecule has 0 atom stereocenters. The smallest absolute Gasteiger partial charge is 0.341 e. The summed E-state index contributed by atoms with van der Waals surface area (Å²) in [5, 5.41) is 3.03. The van der Waals surface area contributed by atoms with Crippen LogP contribution in [0.1, 0.15) is 5.56 Å². The van der Waals surface area contributed by atoms with Gasteiger partial charge in [0.25, 0.3) is 0 Å². The standard InChI is InChI=1S/C18H20F2N2O5S2/c19-18(20)28(23,24)16-7-3-15(4-8-16)21-13-14-1-5-17(6-2-14)29(25,26)22-9-11-27-12-10-22/h1-8,18,21H,9-13H2. The van der Waals surface area contributed by atoms with Crippen molar-refractivity contribution in [2.24, 2.45) is 0 Å². The van der Waals surface area contributed by atoms with Gasteiger partial charge in [-0.3, -0.25) is 0 Å². The molecule has 1 heterocycles. The number of alkyl halides is 2. The molecular formula is C18H20F2N2O5S2. The first-order valence-electron chi connectivity index (χ1n) is 8.74. The molecule has 0 saturated carbocycles. The Morgan fingerprint density at radius 2 is 1.45 bits per heavy atom. The average molecular weight is 446 g/mol. The second-order valence-corrected chi connectivity index (χ2v) is 10.2. The number of sulfonamides is 1. The highest BCUT2D eigenvalue weighted by molar-refractivity contribution is 7.91. The predicted molar refractivity (Wildman–Crippen MR) is 103 cm³/mol. The SMILES string of the molecule is O=S(=O)(c1ccc(NCc2ccc(S(=O)(=O)N3CCOCC3)cc2)cc1)C(F)F. The van der Waals surface area contributed by atoms with Crippen LogP contribution in [0.5, 0.6) is 0 Å². The normalized spacial score (nSPS) is 16.1. The zero-order chi connectivity index (χ0) is 21.1. The van der Waals surface area contributed by atoms with E-state index in [0.29, 0.717) is 38.5 Å². The first-order chi connectivity index (χ1) is 13.7. The number of nitrogens with zero attached hydrogens (tertiary/aromatic N) is 1. The quantitative estimate of drug-likeness (QED) is 0.702. The summed E-state index contributed by atoms with van der Waals surface area (Å²) < 4.78 is 79.7. The van der Waals surface area contributed by atoms with Gasteiger partial charge in [-0.15, -0.1) is 0 Å². The third-order valence-corrected chi connectivity index (χ3v) is 7.76. The van der Waals surface area contributed by atoms with Crippen molar-refractivity contribution in [2.75, 3.05) is 31.6 Å². The van der Waals surface area contributed by atoms with E-state index < -0.39 is 30.5 Å². The van der Waals surface area contributed by atoms with E-state index in [1.807, 2.05) is 0 Å². The Morgan fingerprint density at radius 3 is 2.00 bits per heavy atom. The van der Waals surface area contributed by atoms with Crippen LogP contribution in [0.15, 0.2) is 58.3 Å². The maximum Gasteiger partial charge on any atom is 0.341 e. The van der Waals surface area contributed by atoms with Crippen LogP contribution in [-0.4, -0.2) is 53.2 Å². The minimum Gasteiger partial charge on any atom is -0.381 e. The number of benzene rings is 2. The number of hydrogen-bond acceptors (Lipinski definition) is 6. The molecular weight excluding hydrogens is 426 g/mol. The second-order valence-electron chi connectivity index (χ2n) is 6.34. The molecule has 0 radical (unpaired) electrons. The van der Waals surface area contributed by atoms with Crippen LogP contribution in [0.2, 0.25) is 0 Å². The van der Waals surface area contributed by atoms with E-state index in [4.69, 9.17) is 4.74 Å². The molecule has 2 aromatic carbocycles. The lowest BCUT2D eigenvalue weighted by molar-refractivity contribution is 0.0730. The summed E-state index contributed by atoms with van der Waals surface area (Å²) in [6.07, 6.45) is 0. The predicted octanol–water partition coefficient (Wildman–Crippen LogP) is 2.32. The number of hydrogen-bond donors (Lipinski definition) is 1. The Balaban J connectivity index is 1.63. The lowest BCUT2D eigenvalue weighted by atomic mass is 10.2. The summed E-state index contributed by atoms with van der Waals surface area (Å²) in [5.74, 6) is -3.46. The van der Waals surface area contributed by atoms with Gasteiger partial charge in [0.2, 0.25) is 19.9 Å². The van der Waals surface area contributed by atoms with E-state index >= 15 is 0 Å².